The van der Waals surface area contributed by atoms with Gasteiger partial charge >= 0.3 is 0 Å². The normalized spacial score (nSPS) is 15.3. The minimum atomic E-state index is -4.56. The lowest BCUT2D eigenvalue weighted by atomic mass is 10.0. The standard InChI is InChI=1S/C35H67N2O6P/c1-6-8-10-12-14-16-17-18-19-21-23-25-27-29-35(39)36-33(32-43-44(40,41)42-31-30-37(3,4)5)34(38)28-26-24-22-20-15-13-11-9-7-2/h8,10,14,16,18-19,33-34,38H,6-7,9,11-13,15,17,20-32H2,1-5H3,(H-,36,39,40,41)/b10-8-,16-14-,19-18-. The highest BCUT2D eigenvalue weighted by atomic mass is 31.2. The maximum Gasteiger partial charge on any atom is 0.268 e. The summed E-state index contributed by atoms with van der Waals surface area (Å²) in [6, 6.07) is -0.811. The van der Waals surface area contributed by atoms with Gasteiger partial charge in [-0.15, -0.1) is 0 Å². The number of nitrogens with one attached hydrogen (secondary N) is 1. The first-order valence-corrected chi connectivity index (χ1v) is 18.8. The molecule has 0 aromatic rings. The molecule has 2 N–H and O–H groups in total. The molecular weight excluding hydrogens is 575 g/mol. The van der Waals surface area contributed by atoms with Crippen molar-refractivity contribution in [2.75, 3.05) is 40.9 Å². The largest absolute Gasteiger partial charge is 0.756 e. The quantitative estimate of drug-likeness (QED) is 0.0359. The number of hydrogen-bond donors (Lipinski definition) is 2. The fourth-order valence-corrected chi connectivity index (χ4v) is 5.30. The molecule has 8 nitrogen and oxygen atoms in total. The highest BCUT2D eigenvalue weighted by molar-refractivity contribution is 7.45. The van der Waals surface area contributed by atoms with E-state index in [4.69, 9.17) is 9.05 Å². The highest BCUT2D eigenvalue weighted by Gasteiger charge is 2.24. The smallest absolute Gasteiger partial charge is 0.268 e. The molecule has 0 radical (unpaired) electrons. The molecule has 3 atom stereocenters. The third-order valence-corrected chi connectivity index (χ3v) is 8.36. The van der Waals surface area contributed by atoms with Crippen LogP contribution in [0.3, 0.4) is 0 Å². The molecule has 0 bridgehead atoms. The van der Waals surface area contributed by atoms with Crippen LogP contribution in [0.5, 0.6) is 0 Å². The number of rotatable bonds is 30. The van der Waals surface area contributed by atoms with Gasteiger partial charge in [0.25, 0.3) is 7.82 Å². The Hall–Kier alpha value is -1.28. The minimum absolute atomic E-state index is 0.00480. The van der Waals surface area contributed by atoms with Crippen molar-refractivity contribution < 1.29 is 32.9 Å². The van der Waals surface area contributed by atoms with Gasteiger partial charge in [-0.25, -0.2) is 0 Å². The first-order valence-electron chi connectivity index (χ1n) is 17.3. The van der Waals surface area contributed by atoms with Crippen LogP contribution in [-0.4, -0.2) is 68.5 Å². The van der Waals surface area contributed by atoms with Crippen molar-refractivity contribution in [2.24, 2.45) is 0 Å². The maximum absolute atomic E-state index is 12.7. The van der Waals surface area contributed by atoms with Gasteiger partial charge in [-0.2, -0.15) is 0 Å². The fraction of sp³-hybridized carbons (Fsp3) is 0.800. The number of nitrogens with zero attached hydrogens (tertiary/aromatic N) is 1. The number of amides is 1. The summed E-state index contributed by atoms with van der Waals surface area (Å²) >= 11 is 0. The lowest BCUT2D eigenvalue weighted by molar-refractivity contribution is -0.870. The molecule has 0 aliphatic carbocycles. The van der Waals surface area contributed by atoms with Crippen molar-refractivity contribution >= 4 is 13.7 Å². The van der Waals surface area contributed by atoms with Gasteiger partial charge in [0, 0.05) is 6.42 Å². The zero-order valence-electron chi connectivity index (χ0n) is 28.9. The summed E-state index contributed by atoms with van der Waals surface area (Å²) in [7, 11) is 1.27. The average molecular weight is 643 g/mol. The van der Waals surface area contributed by atoms with Crippen LogP contribution in [-0.2, 0) is 18.4 Å². The van der Waals surface area contributed by atoms with Gasteiger partial charge in [0.2, 0.25) is 5.91 Å². The minimum Gasteiger partial charge on any atom is -0.756 e. The van der Waals surface area contributed by atoms with Crippen molar-refractivity contribution in [1.82, 2.24) is 5.32 Å². The lowest BCUT2D eigenvalue weighted by Crippen LogP contribution is -2.46. The summed E-state index contributed by atoms with van der Waals surface area (Å²) < 4.78 is 23.0. The number of likely N-dealkylation sites (N-methyl/N-ethyl adjacent to an activating group) is 1. The molecule has 1 amide bonds. The number of hydrogen-bond acceptors (Lipinski definition) is 6. The summed E-state index contributed by atoms with van der Waals surface area (Å²) in [6.45, 7) is 4.51. The van der Waals surface area contributed by atoms with E-state index < -0.39 is 20.0 Å². The number of phosphoric ester groups is 1. The van der Waals surface area contributed by atoms with Crippen molar-refractivity contribution in [3.8, 4) is 0 Å². The van der Waals surface area contributed by atoms with Gasteiger partial charge in [0.05, 0.1) is 39.9 Å². The molecule has 258 valence electrons. The van der Waals surface area contributed by atoms with Crippen LogP contribution in [0.2, 0.25) is 0 Å². The Kier molecular flexibility index (Phi) is 27.2. The number of carbonyl (C=O) groups is 1. The van der Waals surface area contributed by atoms with E-state index in [2.05, 4.69) is 55.6 Å². The number of phosphoric acid groups is 1. The van der Waals surface area contributed by atoms with Crippen LogP contribution in [0.4, 0.5) is 0 Å². The van der Waals surface area contributed by atoms with Crippen LogP contribution in [0.25, 0.3) is 0 Å². The SMILES string of the molecule is CC/C=C\C/C=C\C/C=C\CCCCCC(=O)NC(COP(=O)([O-])OCC[N+](C)(C)C)C(O)CCCCCCCCCCC. The predicted molar refractivity (Wildman–Crippen MR) is 182 cm³/mol. The van der Waals surface area contributed by atoms with Gasteiger partial charge in [-0.1, -0.05) is 115 Å². The van der Waals surface area contributed by atoms with Gasteiger partial charge < -0.3 is 28.8 Å². The monoisotopic (exact) mass is 642 g/mol. The molecular formula is C35H67N2O6P. The van der Waals surface area contributed by atoms with Crippen molar-refractivity contribution in [1.29, 1.82) is 0 Å². The van der Waals surface area contributed by atoms with Crippen LogP contribution < -0.4 is 10.2 Å². The third-order valence-electron chi connectivity index (χ3n) is 7.39. The number of allylic oxidation sites excluding steroid dienone is 6. The molecule has 0 aromatic carbocycles. The van der Waals surface area contributed by atoms with Crippen molar-refractivity contribution in [2.45, 2.75) is 142 Å². The van der Waals surface area contributed by atoms with Crippen molar-refractivity contribution in [3.63, 3.8) is 0 Å². The molecule has 0 saturated carbocycles. The number of aliphatic hydroxyl groups excluding tert-OH is 1. The van der Waals surface area contributed by atoms with Crippen LogP contribution in [0.1, 0.15) is 129 Å². The lowest BCUT2D eigenvalue weighted by Gasteiger charge is -2.30. The molecule has 0 aliphatic heterocycles. The van der Waals surface area contributed by atoms with E-state index in [1.165, 1.54) is 38.5 Å². The first kappa shape index (κ1) is 42.7. The molecule has 9 heteroatoms. The topological polar surface area (TPSA) is 108 Å². The summed E-state index contributed by atoms with van der Waals surface area (Å²) in [4.78, 5) is 25.0. The van der Waals surface area contributed by atoms with Crippen LogP contribution >= 0.6 is 7.82 Å². The molecule has 0 aromatic heterocycles. The first-order chi connectivity index (χ1) is 21.0. The third kappa shape index (κ3) is 29.4. The van der Waals surface area contributed by atoms with E-state index in [9.17, 15) is 19.4 Å². The Bertz CT molecular complexity index is 825. The highest BCUT2D eigenvalue weighted by Crippen LogP contribution is 2.38. The Morgan fingerprint density at radius 2 is 1.39 bits per heavy atom. The molecule has 0 aliphatic rings. The van der Waals surface area contributed by atoms with E-state index in [0.29, 0.717) is 23.9 Å². The van der Waals surface area contributed by atoms with Gasteiger partial charge in [0.1, 0.15) is 13.2 Å². The Morgan fingerprint density at radius 1 is 0.818 bits per heavy atom. The summed E-state index contributed by atoms with van der Waals surface area (Å²) in [5, 5.41) is 13.7. The summed E-state index contributed by atoms with van der Waals surface area (Å²) in [6.07, 6.45) is 30.1. The second-order valence-corrected chi connectivity index (χ2v) is 14.3. The molecule has 0 saturated heterocycles. The Balaban J connectivity index is 4.58. The molecule has 0 heterocycles. The Morgan fingerprint density at radius 3 is 2.00 bits per heavy atom. The zero-order valence-corrected chi connectivity index (χ0v) is 29.7. The zero-order chi connectivity index (χ0) is 32.9. The molecule has 0 fully saturated rings. The van der Waals surface area contributed by atoms with E-state index in [0.717, 1.165) is 64.2 Å². The maximum atomic E-state index is 12.7. The summed E-state index contributed by atoms with van der Waals surface area (Å²) in [5.74, 6) is -0.200. The summed E-state index contributed by atoms with van der Waals surface area (Å²) in [5.41, 5.74) is 0. The van der Waals surface area contributed by atoms with E-state index in [1.807, 2.05) is 21.1 Å². The fourth-order valence-electron chi connectivity index (χ4n) is 4.58. The van der Waals surface area contributed by atoms with E-state index >= 15 is 0 Å². The van der Waals surface area contributed by atoms with Gasteiger partial charge in [-0.3, -0.25) is 9.36 Å². The second-order valence-electron chi connectivity index (χ2n) is 12.8. The van der Waals surface area contributed by atoms with Gasteiger partial charge in [-0.05, 0) is 44.9 Å². The molecule has 0 rings (SSSR count). The number of carbonyl (C=O) groups excluding carboxylic acids is 1. The second kappa shape index (κ2) is 28.0. The van der Waals surface area contributed by atoms with E-state index in [-0.39, 0.29) is 19.1 Å². The van der Waals surface area contributed by atoms with Crippen LogP contribution in [0.15, 0.2) is 36.5 Å². The van der Waals surface area contributed by atoms with E-state index in [1.54, 1.807) is 0 Å². The number of unbranched alkanes of at least 4 members (excludes halogenated alkanes) is 11. The Labute approximate surface area is 270 Å². The molecule has 3 unspecified atom stereocenters. The van der Waals surface area contributed by atoms with Crippen LogP contribution in [0, 0.1) is 0 Å². The van der Waals surface area contributed by atoms with Crippen molar-refractivity contribution in [3.05, 3.63) is 36.5 Å². The number of quaternary nitrogens is 1. The molecule has 44 heavy (non-hydrogen) atoms. The number of aliphatic hydroxyl groups is 1. The molecule has 0 spiro atoms. The average Bonchev–Trinajstić information content (AvgIpc) is 2.95. The van der Waals surface area contributed by atoms with Gasteiger partial charge in [0.15, 0.2) is 0 Å². The predicted octanol–water partition coefficient (Wildman–Crippen LogP) is 7.77.